The molecule has 1 aromatic carbocycles. The number of benzene rings is 1. The standard InChI is InChI=1S/C14H11ClO/c15-13-8-4-3-5-11(13)9-10-14(16)12-6-1-2-7-12/h1,3-10H,2H2/b10-9+. The number of hydrogen-bond acceptors (Lipinski definition) is 1. The fraction of sp³-hybridized carbons (Fsp3) is 0.0714. The fourth-order valence-corrected chi connectivity index (χ4v) is 1.71. The molecular weight excluding hydrogens is 220 g/mol. The SMILES string of the molecule is O=C(/C=C/c1ccccc1Cl)C1=CCC=C1. The molecule has 80 valence electrons. The van der Waals surface area contributed by atoms with Gasteiger partial charge in [-0.1, -0.05) is 48.0 Å². The molecule has 0 saturated carbocycles. The highest BCUT2D eigenvalue weighted by Crippen LogP contribution is 2.17. The second-order valence-electron chi connectivity index (χ2n) is 3.52. The smallest absolute Gasteiger partial charge is 0.185 e. The zero-order valence-corrected chi connectivity index (χ0v) is 9.45. The molecule has 0 bridgehead atoms. The number of ketones is 1. The highest BCUT2D eigenvalue weighted by molar-refractivity contribution is 6.32. The molecule has 0 aromatic heterocycles. The minimum atomic E-state index is 0.0219. The lowest BCUT2D eigenvalue weighted by Crippen LogP contribution is -1.93. The minimum Gasteiger partial charge on any atom is -0.289 e. The topological polar surface area (TPSA) is 17.1 Å². The highest BCUT2D eigenvalue weighted by atomic mass is 35.5. The van der Waals surface area contributed by atoms with Gasteiger partial charge in [-0.05, 0) is 30.2 Å². The van der Waals surface area contributed by atoms with E-state index in [9.17, 15) is 4.79 Å². The van der Waals surface area contributed by atoms with Crippen LogP contribution in [0.4, 0.5) is 0 Å². The van der Waals surface area contributed by atoms with Crippen LogP contribution in [0.1, 0.15) is 12.0 Å². The molecule has 0 atom stereocenters. The van der Waals surface area contributed by atoms with Gasteiger partial charge in [0.15, 0.2) is 5.78 Å². The first kappa shape index (κ1) is 10.9. The van der Waals surface area contributed by atoms with Crippen molar-refractivity contribution in [2.75, 3.05) is 0 Å². The Kier molecular flexibility index (Phi) is 3.37. The Hall–Kier alpha value is -1.60. The average molecular weight is 231 g/mol. The highest BCUT2D eigenvalue weighted by Gasteiger charge is 2.05. The molecule has 0 aliphatic heterocycles. The van der Waals surface area contributed by atoms with E-state index in [0.717, 1.165) is 17.6 Å². The van der Waals surface area contributed by atoms with Crippen LogP contribution in [0.3, 0.4) is 0 Å². The largest absolute Gasteiger partial charge is 0.289 e. The van der Waals surface area contributed by atoms with Gasteiger partial charge in [0, 0.05) is 10.6 Å². The van der Waals surface area contributed by atoms with Crippen molar-refractivity contribution in [3.63, 3.8) is 0 Å². The van der Waals surface area contributed by atoms with Crippen molar-refractivity contribution >= 4 is 23.5 Å². The monoisotopic (exact) mass is 230 g/mol. The first-order valence-electron chi connectivity index (χ1n) is 5.11. The van der Waals surface area contributed by atoms with Crippen molar-refractivity contribution in [1.82, 2.24) is 0 Å². The molecule has 2 rings (SSSR count). The van der Waals surface area contributed by atoms with Crippen LogP contribution in [0.25, 0.3) is 6.08 Å². The van der Waals surface area contributed by atoms with Crippen molar-refractivity contribution < 1.29 is 4.79 Å². The van der Waals surface area contributed by atoms with E-state index in [1.165, 1.54) is 0 Å². The Morgan fingerprint density at radius 2 is 2.12 bits per heavy atom. The van der Waals surface area contributed by atoms with Gasteiger partial charge >= 0.3 is 0 Å². The van der Waals surface area contributed by atoms with Gasteiger partial charge in [-0.2, -0.15) is 0 Å². The summed E-state index contributed by atoms with van der Waals surface area (Å²) in [6, 6.07) is 7.44. The molecule has 0 spiro atoms. The van der Waals surface area contributed by atoms with Gasteiger partial charge in [-0.3, -0.25) is 4.79 Å². The molecular formula is C14H11ClO. The minimum absolute atomic E-state index is 0.0219. The summed E-state index contributed by atoms with van der Waals surface area (Å²) < 4.78 is 0. The molecule has 0 amide bonds. The normalized spacial score (nSPS) is 14.4. The number of carbonyl (C=O) groups excluding carboxylic acids is 1. The van der Waals surface area contributed by atoms with E-state index in [0.29, 0.717) is 5.02 Å². The van der Waals surface area contributed by atoms with E-state index < -0.39 is 0 Å². The lowest BCUT2D eigenvalue weighted by Gasteiger charge is -1.96. The predicted octanol–water partition coefficient (Wildman–Crippen LogP) is 3.81. The first-order chi connectivity index (χ1) is 7.77. The Morgan fingerprint density at radius 3 is 2.81 bits per heavy atom. The summed E-state index contributed by atoms with van der Waals surface area (Å²) >= 11 is 5.98. The van der Waals surface area contributed by atoms with Gasteiger partial charge in [0.05, 0.1) is 0 Å². The maximum Gasteiger partial charge on any atom is 0.185 e. The first-order valence-corrected chi connectivity index (χ1v) is 5.49. The lowest BCUT2D eigenvalue weighted by molar-refractivity contribution is -0.111. The van der Waals surface area contributed by atoms with Crippen LogP contribution in [-0.2, 0) is 4.79 Å². The van der Waals surface area contributed by atoms with Gasteiger partial charge in [0.2, 0.25) is 0 Å². The third-order valence-corrected chi connectivity index (χ3v) is 2.72. The summed E-state index contributed by atoms with van der Waals surface area (Å²) in [6.45, 7) is 0. The molecule has 0 fully saturated rings. The summed E-state index contributed by atoms with van der Waals surface area (Å²) in [5.74, 6) is 0.0219. The number of halogens is 1. The van der Waals surface area contributed by atoms with E-state index >= 15 is 0 Å². The van der Waals surface area contributed by atoms with E-state index in [4.69, 9.17) is 11.6 Å². The molecule has 0 unspecified atom stereocenters. The van der Waals surface area contributed by atoms with Gasteiger partial charge in [-0.25, -0.2) is 0 Å². The molecule has 0 heterocycles. The van der Waals surface area contributed by atoms with Crippen LogP contribution in [0.2, 0.25) is 5.02 Å². The molecule has 0 radical (unpaired) electrons. The second kappa shape index (κ2) is 4.95. The lowest BCUT2D eigenvalue weighted by atomic mass is 10.1. The summed E-state index contributed by atoms with van der Waals surface area (Å²) in [7, 11) is 0. The van der Waals surface area contributed by atoms with Crippen molar-refractivity contribution in [3.8, 4) is 0 Å². The van der Waals surface area contributed by atoms with Crippen LogP contribution in [-0.4, -0.2) is 5.78 Å². The van der Waals surface area contributed by atoms with Crippen LogP contribution >= 0.6 is 11.6 Å². The number of carbonyl (C=O) groups is 1. The van der Waals surface area contributed by atoms with E-state index in [2.05, 4.69) is 0 Å². The second-order valence-corrected chi connectivity index (χ2v) is 3.92. The van der Waals surface area contributed by atoms with Crippen LogP contribution in [0, 0.1) is 0 Å². The molecule has 16 heavy (non-hydrogen) atoms. The zero-order chi connectivity index (χ0) is 11.4. The van der Waals surface area contributed by atoms with E-state index in [1.54, 1.807) is 18.2 Å². The Bertz CT molecular complexity index is 495. The zero-order valence-electron chi connectivity index (χ0n) is 8.69. The summed E-state index contributed by atoms with van der Waals surface area (Å²) in [4.78, 5) is 11.7. The molecule has 1 aromatic rings. The Labute approximate surface area is 99.7 Å². The molecule has 2 heteroatoms. The predicted molar refractivity (Wildman–Crippen MR) is 67.3 cm³/mol. The van der Waals surface area contributed by atoms with Crippen LogP contribution < -0.4 is 0 Å². The third kappa shape index (κ3) is 2.50. The molecule has 1 aliphatic carbocycles. The van der Waals surface area contributed by atoms with Crippen molar-refractivity contribution in [2.45, 2.75) is 6.42 Å². The maximum absolute atomic E-state index is 11.7. The number of rotatable bonds is 3. The number of allylic oxidation sites excluding steroid dienone is 5. The van der Waals surface area contributed by atoms with Crippen molar-refractivity contribution in [2.24, 2.45) is 0 Å². The summed E-state index contributed by atoms with van der Waals surface area (Å²) in [5, 5.41) is 0.655. The van der Waals surface area contributed by atoms with Gasteiger partial charge < -0.3 is 0 Å². The Morgan fingerprint density at radius 1 is 1.31 bits per heavy atom. The Balaban J connectivity index is 2.13. The molecule has 0 saturated heterocycles. The quantitative estimate of drug-likeness (QED) is 0.722. The van der Waals surface area contributed by atoms with Crippen LogP contribution in [0.5, 0.6) is 0 Å². The van der Waals surface area contributed by atoms with Crippen molar-refractivity contribution in [1.29, 1.82) is 0 Å². The van der Waals surface area contributed by atoms with Gasteiger partial charge in [-0.15, -0.1) is 0 Å². The van der Waals surface area contributed by atoms with E-state index in [-0.39, 0.29) is 5.78 Å². The van der Waals surface area contributed by atoms with Crippen molar-refractivity contribution in [3.05, 3.63) is 64.7 Å². The van der Waals surface area contributed by atoms with E-state index in [1.807, 2.05) is 36.4 Å². The molecule has 1 aliphatic rings. The van der Waals surface area contributed by atoms with Crippen LogP contribution in [0.15, 0.2) is 54.1 Å². The maximum atomic E-state index is 11.7. The third-order valence-electron chi connectivity index (χ3n) is 2.38. The number of hydrogen-bond donors (Lipinski definition) is 0. The average Bonchev–Trinajstić information content (AvgIpc) is 2.81. The summed E-state index contributed by atoms with van der Waals surface area (Å²) in [5.41, 5.74) is 1.61. The molecule has 1 nitrogen and oxygen atoms in total. The van der Waals surface area contributed by atoms with Gasteiger partial charge in [0.25, 0.3) is 0 Å². The van der Waals surface area contributed by atoms with Gasteiger partial charge in [0.1, 0.15) is 0 Å². The molecule has 0 N–H and O–H groups in total. The fourth-order valence-electron chi connectivity index (χ4n) is 1.51. The summed E-state index contributed by atoms with van der Waals surface area (Å²) in [6.07, 6.45) is 9.89.